The van der Waals surface area contributed by atoms with Crippen molar-refractivity contribution in [1.82, 2.24) is 0 Å². The van der Waals surface area contributed by atoms with E-state index in [0.717, 1.165) is 24.4 Å². The van der Waals surface area contributed by atoms with Crippen molar-refractivity contribution < 1.29 is 8.85 Å². The molecule has 2 aliphatic carbocycles. The van der Waals surface area contributed by atoms with Gasteiger partial charge in [0.15, 0.2) is 0 Å². The molecule has 0 heterocycles. The lowest BCUT2D eigenvalue weighted by atomic mass is 9.86. The maximum atomic E-state index is 6.67. The lowest BCUT2D eigenvalue weighted by molar-refractivity contribution is 0.244. The molecule has 2 aliphatic rings. The van der Waals surface area contributed by atoms with Gasteiger partial charge in [0.05, 0.1) is 0 Å². The summed E-state index contributed by atoms with van der Waals surface area (Å²) in [5.74, 6) is 1.96. The van der Waals surface area contributed by atoms with Gasteiger partial charge in [-0.05, 0) is 48.0 Å². The van der Waals surface area contributed by atoms with Crippen LogP contribution in [0.3, 0.4) is 0 Å². The van der Waals surface area contributed by atoms with E-state index in [4.69, 9.17) is 8.85 Å². The average molecular weight is 361 g/mol. The first-order chi connectivity index (χ1) is 11.5. The Balaban J connectivity index is 2.24. The van der Waals surface area contributed by atoms with Crippen molar-refractivity contribution in [2.24, 2.45) is 10.8 Å². The largest absolute Gasteiger partial charge is 0.512 e. The minimum absolute atomic E-state index is 0.216. The molecule has 2 nitrogen and oxygen atoms in total. The fourth-order valence-corrected chi connectivity index (χ4v) is 6.65. The molecule has 0 fully saturated rings. The summed E-state index contributed by atoms with van der Waals surface area (Å²) in [7, 11) is -2.46. The van der Waals surface area contributed by atoms with Crippen molar-refractivity contribution in [3.05, 3.63) is 48.0 Å². The van der Waals surface area contributed by atoms with E-state index in [9.17, 15) is 0 Å². The zero-order valence-electron chi connectivity index (χ0n) is 17.3. The van der Waals surface area contributed by atoms with Crippen LogP contribution in [-0.2, 0) is 8.85 Å². The second-order valence-corrected chi connectivity index (χ2v) is 13.7. The van der Waals surface area contributed by atoms with Gasteiger partial charge in [0, 0.05) is 11.1 Å². The molecule has 0 aromatic carbocycles. The molecule has 0 amide bonds. The smallest absolute Gasteiger partial charge is 0.465 e. The number of allylic oxidation sites excluding steroid dienone is 6. The first-order valence-corrected chi connectivity index (χ1v) is 11.6. The molecular weight excluding hydrogens is 324 g/mol. The molecule has 140 valence electrons. The molecule has 0 aromatic heterocycles. The molecular formula is C22H36O2Si. The van der Waals surface area contributed by atoms with E-state index in [1.54, 1.807) is 0 Å². The van der Waals surface area contributed by atoms with Gasteiger partial charge in [0.1, 0.15) is 11.5 Å². The lowest BCUT2D eigenvalue weighted by Gasteiger charge is -2.40. The van der Waals surface area contributed by atoms with Crippen molar-refractivity contribution in [1.29, 1.82) is 0 Å². The van der Waals surface area contributed by atoms with E-state index in [1.165, 1.54) is 0 Å². The van der Waals surface area contributed by atoms with Crippen LogP contribution in [0, 0.1) is 10.8 Å². The summed E-state index contributed by atoms with van der Waals surface area (Å²) in [6.07, 6.45) is 15.2. The Hall–Kier alpha value is -1.22. The standard InChI is InChI=1S/C22H36O2Si/c1-17(2)25(18(3)4,23-19-9-13-21(5,6)14-10-19)24-20-11-15-22(7,8)16-12-20/h9-13,15,17-18H,14,16H2,1-8H3. The van der Waals surface area contributed by atoms with Crippen LogP contribution in [0.2, 0.25) is 11.1 Å². The third kappa shape index (κ3) is 4.90. The van der Waals surface area contributed by atoms with Crippen molar-refractivity contribution in [3.63, 3.8) is 0 Å². The Morgan fingerprint density at radius 3 is 1.36 bits per heavy atom. The summed E-state index contributed by atoms with van der Waals surface area (Å²) in [6, 6.07) is 0. The highest BCUT2D eigenvalue weighted by atomic mass is 28.4. The molecule has 0 bridgehead atoms. The third-order valence-corrected chi connectivity index (χ3v) is 9.55. The van der Waals surface area contributed by atoms with Gasteiger partial charge in [-0.25, -0.2) is 0 Å². The van der Waals surface area contributed by atoms with Gasteiger partial charge in [-0.1, -0.05) is 67.5 Å². The molecule has 2 rings (SSSR count). The summed E-state index contributed by atoms with van der Waals surface area (Å²) in [6.45, 7) is 18.0. The Kier molecular flexibility index (Phi) is 5.77. The predicted molar refractivity (Wildman–Crippen MR) is 109 cm³/mol. The van der Waals surface area contributed by atoms with E-state index in [-0.39, 0.29) is 10.8 Å². The van der Waals surface area contributed by atoms with E-state index in [2.05, 4.69) is 91.8 Å². The van der Waals surface area contributed by atoms with Crippen LogP contribution in [0.1, 0.15) is 68.2 Å². The van der Waals surface area contributed by atoms with Crippen LogP contribution in [0.5, 0.6) is 0 Å². The first-order valence-electron chi connectivity index (χ1n) is 9.63. The molecule has 0 N–H and O–H groups in total. The fourth-order valence-electron chi connectivity index (χ4n) is 3.29. The van der Waals surface area contributed by atoms with Crippen molar-refractivity contribution >= 4 is 8.56 Å². The van der Waals surface area contributed by atoms with Gasteiger partial charge in [0.2, 0.25) is 0 Å². The molecule has 0 saturated carbocycles. The fraction of sp³-hybridized carbons (Fsp3) is 0.636. The van der Waals surface area contributed by atoms with Crippen LogP contribution >= 0.6 is 0 Å². The summed E-state index contributed by atoms with van der Waals surface area (Å²) in [5.41, 5.74) is 1.16. The summed E-state index contributed by atoms with van der Waals surface area (Å²) in [5, 5.41) is 0. The molecule has 0 radical (unpaired) electrons. The monoisotopic (exact) mass is 360 g/mol. The first kappa shape index (κ1) is 20.1. The highest BCUT2D eigenvalue weighted by Crippen LogP contribution is 2.41. The Morgan fingerprint density at radius 1 is 0.760 bits per heavy atom. The van der Waals surface area contributed by atoms with Crippen molar-refractivity contribution in [2.75, 3.05) is 0 Å². The topological polar surface area (TPSA) is 18.5 Å². The normalized spacial score (nSPS) is 22.0. The maximum absolute atomic E-state index is 6.67. The second-order valence-electron chi connectivity index (χ2n) is 9.50. The Labute approximate surface area is 155 Å². The molecule has 0 aromatic rings. The number of rotatable bonds is 6. The number of hydrogen-bond acceptors (Lipinski definition) is 2. The molecule has 0 spiro atoms. The minimum atomic E-state index is -2.46. The molecule has 25 heavy (non-hydrogen) atoms. The van der Waals surface area contributed by atoms with Crippen LogP contribution in [0.4, 0.5) is 0 Å². The summed E-state index contributed by atoms with van der Waals surface area (Å²) >= 11 is 0. The predicted octanol–water partition coefficient (Wildman–Crippen LogP) is 7.02. The quantitative estimate of drug-likeness (QED) is 0.474. The van der Waals surface area contributed by atoms with E-state index < -0.39 is 8.56 Å². The summed E-state index contributed by atoms with van der Waals surface area (Å²) < 4.78 is 13.3. The maximum Gasteiger partial charge on any atom is 0.465 e. The third-order valence-electron chi connectivity index (χ3n) is 5.22. The molecule has 0 aliphatic heterocycles. The molecule has 0 saturated heterocycles. The average Bonchev–Trinajstić information content (AvgIpc) is 2.50. The highest BCUT2D eigenvalue weighted by Gasteiger charge is 2.50. The Bertz CT molecular complexity index is 550. The minimum Gasteiger partial charge on any atom is -0.512 e. The lowest BCUT2D eigenvalue weighted by Crippen LogP contribution is -2.47. The van der Waals surface area contributed by atoms with Gasteiger partial charge < -0.3 is 8.85 Å². The van der Waals surface area contributed by atoms with Crippen LogP contribution < -0.4 is 0 Å². The van der Waals surface area contributed by atoms with Crippen LogP contribution in [-0.4, -0.2) is 8.56 Å². The number of hydrogen-bond donors (Lipinski definition) is 0. The Morgan fingerprint density at radius 2 is 1.12 bits per heavy atom. The van der Waals surface area contributed by atoms with Gasteiger partial charge in [-0.15, -0.1) is 0 Å². The van der Waals surface area contributed by atoms with Gasteiger partial charge in [0.25, 0.3) is 0 Å². The van der Waals surface area contributed by atoms with Crippen molar-refractivity contribution in [2.45, 2.75) is 79.3 Å². The molecule has 0 unspecified atom stereocenters. The second kappa shape index (κ2) is 7.18. The summed E-state index contributed by atoms with van der Waals surface area (Å²) in [4.78, 5) is 0. The molecule has 0 atom stereocenters. The zero-order chi connectivity index (χ0) is 18.9. The highest BCUT2D eigenvalue weighted by molar-refractivity contribution is 6.70. The van der Waals surface area contributed by atoms with Crippen LogP contribution in [0.25, 0.3) is 0 Å². The molecule has 3 heteroatoms. The van der Waals surface area contributed by atoms with E-state index >= 15 is 0 Å². The van der Waals surface area contributed by atoms with Crippen LogP contribution in [0.15, 0.2) is 48.0 Å². The van der Waals surface area contributed by atoms with Crippen molar-refractivity contribution in [3.8, 4) is 0 Å². The zero-order valence-corrected chi connectivity index (χ0v) is 18.3. The van der Waals surface area contributed by atoms with Gasteiger partial charge >= 0.3 is 8.56 Å². The van der Waals surface area contributed by atoms with Gasteiger partial charge in [-0.2, -0.15) is 0 Å². The van der Waals surface area contributed by atoms with E-state index in [1.807, 2.05) is 0 Å². The SMILES string of the molecule is CC(C)[Si](OC1=CCC(C)(C)C=C1)(OC1=CCC(C)(C)C=C1)C(C)C. The van der Waals surface area contributed by atoms with E-state index in [0.29, 0.717) is 11.1 Å². The van der Waals surface area contributed by atoms with Gasteiger partial charge in [-0.3, -0.25) is 0 Å².